The molecule has 0 fully saturated rings. The van der Waals surface area contributed by atoms with Crippen LogP contribution in [0.4, 0.5) is 18.9 Å². The Balaban J connectivity index is 1.57. The fourth-order valence-corrected chi connectivity index (χ4v) is 3.36. The number of nitrogens with one attached hydrogen (secondary N) is 1. The van der Waals surface area contributed by atoms with Gasteiger partial charge in [-0.1, -0.05) is 29.8 Å². The van der Waals surface area contributed by atoms with E-state index in [2.05, 4.69) is 20.3 Å². The third kappa shape index (κ3) is 4.85. The van der Waals surface area contributed by atoms with Gasteiger partial charge >= 0.3 is 6.18 Å². The molecule has 0 atom stereocenters. The summed E-state index contributed by atoms with van der Waals surface area (Å²) in [7, 11) is 0. The average Bonchev–Trinajstić information content (AvgIpc) is 2.77. The van der Waals surface area contributed by atoms with Gasteiger partial charge in [-0.05, 0) is 36.8 Å². The van der Waals surface area contributed by atoms with Crippen molar-refractivity contribution in [3.05, 3.63) is 81.5 Å². The summed E-state index contributed by atoms with van der Waals surface area (Å²) in [6.45, 7) is 1.55. The highest BCUT2D eigenvalue weighted by Gasteiger charge is 2.30. The van der Waals surface area contributed by atoms with Gasteiger partial charge in [0.1, 0.15) is 18.3 Å². The lowest BCUT2D eigenvalue weighted by Gasteiger charge is -2.10. The number of nitrogens with zero attached hydrogens (tertiary/aromatic N) is 4. The van der Waals surface area contributed by atoms with Crippen LogP contribution in [0.15, 0.2) is 59.8 Å². The van der Waals surface area contributed by atoms with E-state index in [0.29, 0.717) is 16.3 Å². The molecule has 0 unspecified atom stereocenters. The molecule has 4 aromatic rings. The fourth-order valence-electron chi connectivity index (χ4n) is 3.08. The van der Waals surface area contributed by atoms with Gasteiger partial charge in [-0.15, -0.1) is 0 Å². The quantitative estimate of drug-likeness (QED) is 0.472. The Bertz CT molecular complexity index is 1420. The number of halogens is 4. The lowest BCUT2D eigenvalue weighted by molar-refractivity contribution is -0.137. The Labute approximate surface area is 189 Å². The number of hydrogen-bond donors (Lipinski definition) is 1. The van der Waals surface area contributed by atoms with Crippen molar-refractivity contribution in [2.45, 2.75) is 19.6 Å². The zero-order valence-electron chi connectivity index (χ0n) is 17.0. The van der Waals surface area contributed by atoms with Gasteiger partial charge in [0, 0.05) is 11.8 Å². The Morgan fingerprint density at radius 3 is 2.52 bits per heavy atom. The van der Waals surface area contributed by atoms with Crippen LogP contribution in [0.3, 0.4) is 0 Å². The predicted molar refractivity (Wildman–Crippen MR) is 117 cm³/mol. The molecule has 0 bridgehead atoms. The number of amides is 1. The largest absolute Gasteiger partial charge is 0.416 e. The summed E-state index contributed by atoms with van der Waals surface area (Å²) in [6, 6.07) is 9.48. The van der Waals surface area contributed by atoms with Crippen molar-refractivity contribution in [2.24, 2.45) is 0 Å². The number of fused-ring (bicyclic) bond motifs is 1. The Hall–Kier alpha value is -3.79. The first-order valence-electron chi connectivity index (χ1n) is 9.57. The van der Waals surface area contributed by atoms with Gasteiger partial charge < -0.3 is 5.32 Å². The van der Waals surface area contributed by atoms with E-state index >= 15 is 0 Å². The molecule has 2 heterocycles. The second-order valence-electron chi connectivity index (χ2n) is 7.22. The molecule has 33 heavy (non-hydrogen) atoms. The second-order valence-corrected chi connectivity index (χ2v) is 7.62. The van der Waals surface area contributed by atoms with Crippen molar-refractivity contribution in [1.29, 1.82) is 0 Å². The van der Waals surface area contributed by atoms with Crippen molar-refractivity contribution in [3.63, 3.8) is 0 Å². The van der Waals surface area contributed by atoms with E-state index < -0.39 is 23.2 Å². The minimum Gasteiger partial charge on any atom is -0.323 e. The monoisotopic (exact) mass is 473 g/mol. The standard InChI is InChI=1S/C22H15ClF3N5O2/c1-12-2-7-17(16(23)8-12)29-18(32)10-31-11-28-20-15(21(31)33)9-27-19(30-20)13-3-5-14(6-4-13)22(24,25)26/h2-9,11H,10H2,1H3,(H,29,32). The molecule has 0 saturated heterocycles. The molecule has 7 nitrogen and oxygen atoms in total. The summed E-state index contributed by atoms with van der Waals surface area (Å²) in [6.07, 6.45) is -2.05. The van der Waals surface area contributed by atoms with Crippen LogP contribution >= 0.6 is 11.6 Å². The van der Waals surface area contributed by atoms with Crippen molar-refractivity contribution in [1.82, 2.24) is 19.5 Å². The van der Waals surface area contributed by atoms with Crippen LogP contribution in [-0.2, 0) is 17.5 Å². The lowest BCUT2D eigenvalue weighted by atomic mass is 10.1. The van der Waals surface area contributed by atoms with E-state index in [1.807, 2.05) is 6.92 Å². The number of benzene rings is 2. The summed E-state index contributed by atoms with van der Waals surface area (Å²) < 4.78 is 39.3. The molecular weight excluding hydrogens is 459 g/mol. The molecule has 0 radical (unpaired) electrons. The van der Waals surface area contributed by atoms with Crippen molar-refractivity contribution < 1.29 is 18.0 Å². The maximum absolute atomic E-state index is 12.7. The molecule has 0 aliphatic heterocycles. The summed E-state index contributed by atoms with van der Waals surface area (Å²) in [5.41, 5.74) is 0.415. The van der Waals surface area contributed by atoms with Crippen LogP contribution in [0, 0.1) is 6.92 Å². The zero-order chi connectivity index (χ0) is 23.8. The highest BCUT2D eigenvalue weighted by Crippen LogP contribution is 2.30. The maximum Gasteiger partial charge on any atom is 0.416 e. The van der Waals surface area contributed by atoms with Gasteiger partial charge in [-0.25, -0.2) is 15.0 Å². The Morgan fingerprint density at radius 1 is 1.12 bits per heavy atom. The molecule has 2 aromatic heterocycles. The number of rotatable bonds is 4. The zero-order valence-corrected chi connectivity index (χ0v) is 17.8. The third-order valence-electron chi connectivity index (χ3n) is 4.76. The van der Waals surface area contributed by atoms with Gasteiger partial charge in [0.25, 0.3) is 5.56 Å². The molecule has 0 aliphatic carbocycles. The van der Waals surface area contributed by atoms with E-state index in [1.165, 1.54) is 24.7 Å². The third-order valence-corrected chi connectivity index (χ3v) is 5.08. The highest BCUT2D eigenvalue weighted by molar-refractivity contribution is 6.33. The minimum atomic E-state index is -4.45. The van der Waals surface area contributed by atoms with E-state index in [4.69, 9.17) is 11.6 Å². The Kier molecular flexibility index (Phi) is 5.86. The first-order chi connectivity index (χ1) is 15.6. The van der Waals surface area contributed by atoms with Crippen molar-refractivity contribution in [2.75, 3.05) is 5.32 Å². The second kappa shape index (κ2) is 8.62. The number of hydrogen-bond acceptors (Lipinski definition) is 5. The molecule has 1 N–H and O–H groups in total. The number of aryl methyl sites for hydroxylation is 1. The SMILES string of the molecule is Cc1ccc(NC(=O)Cn2cnc3nc(-c4ccc(C(F)(F)F)cc4)ncc3c2=O)c(Cl)c1. The number of alkyl halides is 3. The van der Waals surface area contributed by atoms with E-state index in [1.54, 1.807) is 18.2 Å². The van der Waals surface area contributed by atoms with Gasteiger partial charge in [0.05, 0.1) is 16.3 Å². The lowest BCUT2D eigenvalue weighted by Crippen LogP contribution is -2.28. The van der Waals surface area contributed by atoms with E-state index in [0.717, 1.165) is 22.3 Å². The van der Waals surface area contributed by atoms with Crippen LogP contribution in [0.5, 0.6) is 0 Å². The van der Waals surface area contributed by atoms with Gasteiger partial charge in [-0.2, -0.15) is 13.2 Å². The maximum atomic E-state index is 12.7. The van der Waals surface area contributed by atoms with Crippen LogP contribution in [0.25, 0.3) is 22.4 Å². The molecule has 168 valence electrons. The highest BCUT2D eigenvalue weighted by atomic mass is 35.5. The van der Waals surface area contributed by atoms with Crippen molar-refractivity contribution in [3.8, 4) is 11.4 Å². The molecule has 0 aliphatic rings. The summed E-state index contributed by atoms with van der Waals surface area (Å²) in [4.78, 5) is 37.5. The molecule has 4 rings (SSSR count). The predicted octanol–water partition coefficient (Wildman–Crippen LogP) is 4.47. The molecule has 0 saturated carbocycles. The fraction of sp³-hybridized carbons (Fsp3) is 0.136. The molecule has 2 aromatic carbocycles. The van der Waals surface area contributed by atoms with E-state index in [9.17, 15) is 22.8 Å². The molecular formula is C22H15ClF3N5O2. The topological polar surface area (TPSA) is 89.8 Å². The molecule has 11 heteroatoms. The first kappa shape index (κ1) is 22.4. The summed E-state index contributed by atoms with van der Waals surface area (Å²) in [5, 5.41) is 3.07. The molecule has 0 spiro atoms. The number of aromatic nitrogens is 4. The van der Waals surface area contributed by atoms with Gasteiger partial charge in [0.15, 0.2) is 11.5 Å². The smallest absolute Gasteiger partial charge is 0.323 e. The van der Waals surface area contributed by atoms with Crippen LogP contribution in [0.1, 0.15) is 11.1 Å². The van der Waals surface area contributed by atoms with Crippen LogP contribution in [0.2, 0.25) is 5.02 Å². The first-order valence-corrected chi connectivity index (χ1v) is 9.95. The molecule has 1 amide bonds. The van der Waals surface area contributed by atoms with E-state index in [-0.39, 0.29) is 23.4 Å². The van der Waals surface area contributed by atoms with Crippen molar-refractivity contribution >= 4 is 34.2 Å². The van der Waals surface area contributed by atoms with Gasteiger partial charge in [-0.3, -0.25) is 14.2 Å². The normalized spacial score (nSPS) is 11.5. The summed E-state index contributed by atoms with van der Waals surface area (Å²) in [5.74, 6) is -0.362. The number of carbonyl (C=O) groups excluding carboxylic acids is 1. The van der Waals surface area contributed by atoms with Gasteiger partial charge in [0.2, 0.25) is 5.91 Å². The summed E-state index contributed by atoms with van der Waals surface area (Å²) >= 11 is 6.11. The van der Waals surface area contributed by atoms with Crippen LogP contribution in [-0.4, -0.2) is 25.4 Å². The minimum absolute atomic E-state index is 0.0585. The number of carbonyl (C=O) groups is 1. The Morgan fingerprint density at radius 2 is 1.85 bits per heavy atom. The van der Waals surface area contributed by atoms with Crippen LogP contribution < -0.4 is 10.9 Å². The number of anilines is 1. The average molecular weight is 474 g/mol.